The second kappa shape index (κ2) is 6.27. The van der Waals surface area contributed by atoms with Gasteiger partial charge in [0.1, 0.15) is 5.82 Å². The average Bonchev–Trinajstić information content (AvgIpc) is 3.24. The van der Waals surface area contributed by atoms with E-state index in [0.29, 0.717) is 6.42 Å². The second-order valence-electron chi connectivity index (χ2n) is 7.37. The van der Waals surface area contributed by atoms with Crippen molar-refractivity contribution >= 4 is 33.3 Å². The molecule has 0 fully saturated rings. The fraction of sp³-hybridized carbons (Fsp3) is 0.227. The molecule has 1 amide bonds. The molecule has 4 aromatic rings. The molecule has 2 aromatic carbocycles. The summed E-state index contributed by atoms with van der Waals surface area (Å²) in [5.74, 6) is 0.764. The van der Waals surface area contributed by atoms with Crippen molar-refractivity contribution < 1.29 is 4.79 Å². The van der Waals surface area contributed by atoms with Crippen molar-refractivity contribution in [3.8, 4) is 5.13 Å². The Morgan fingerprint density at radius 1 is 1.11 bits per heavy atom. The summed E-state index contributed by atoms with van der Waals surface area (Å²) in [6, 6.07) is 14.5. The molecule has 1 aliphatic rings. The van der Waals surface area contributed by atoms with E-state index in [0.717, 1.165) is 38.0 Å². The van der Waals surface area contributed by atoms with Gasteiger partial charge in [-0.25, -0.2) is 4.98 Å². The summed E-state index contributed by atoms with van der Waals surface area (Å²) >= 11 is 1.58. The third-order valence-electron chi connectivity index (χ3n) is 5.50. The lowest BCUT2D eigenvalue weighted by atomic mass is 9.84. The lowest BCUT2D eigenvalue weighted by Crippen LogP contribution is -2.25. The number of thiazole rings is 1. The smallest absolute Gasteiger partial charge is 0.226 e. The number of hydrogen-bond acceptors (Lipinski definition) is 4. The van der Waals surface area contributed by atoms with Crippen molar-refractivity contribution in [3.63, 3.8) is 0 Å². The molecule has 5 nitrogen and oxygen atoms in total. The van der Waals surface area contributed by atoms with Crippen molar-refractivity contribution in [2.75, 3.05) is 5.32 Å². The SMILES string of the molecule is Cc1ccc([C@H]2CC(=O)Nc3c2c(C)nn3-c2nc3ccccc3s2)cc1C. The number of nitrogens with one attached hydrogen (secondary N) is 1. The number of nitrogens with zero attached hydrogens (tertiary/aromatic N) is 3. The lowest BCUT2D eigenvalue weighted by Gasteiger charge is -2.24. The van der Waals surface area contributed by atoms with Crippen molar-refractivity contribution in [3.05, 3.63) is 70.4 Å². The Morgan fingerprint density at radius 2 is 1.93 bits per heavy atom. The van der Waals surface area contributed by atoms with Gasteiger partial charge in [0.25, 0.3) is 0 Å². The fourth-order valence-corrected chi connectivity index (χ4v) is 4.83. The van der Waals surface area contributed by atoms with Gasteiger partial charge in [0.2, 0.25) is 11.0 Å². The third kappa shape index (κ3) is 2.64. The minimum Gasteiger partial charge on any atom is -0.310 e. The van der Waals surface area contributed by atoms with Crippen molar-refractivity contribution in [1.29, 1.82) is 0 Å². The molecule has 1 N–H and O–H groups in total. The van der Waals surface area contributed by atoms with Gasteiger partial charge in [-0.15, -0.1) is 0 Å². The number of anilines is 1. The normalized spacial score (nSPS) is 16.2. The summed E-state index contributed by atoms with van der Waals surface area (Å²) in [7, 11) is 0. The molecular weight excluding hydrogens is 368 g/mol. The van der Waals surface area contributed by atoms with E-state index < -0.39 is 0 Å². The van der Waals surface area contributed by atoms with Gasteiger partial charge >= 0.3 is 0 Å². The topological polar surface area (TPSA) is 59.8 Å². The molecule has 1 atom stereocenters. The Labute approximate surface area is 167 Å². The number of fused-ring (bicyclic) bond motifs is 2. The van der Waals surface area contributed by atoms with E-state index in [1.165, 1.54) is 11.1 Å². The highest BCUT2D eigenvalue weighted by molar-refractivity contribution is 7.20. The van der Waals surface area contributed by atoms with Crippen LogP contribution in [0.1, 0.15) is 40.3 Å². The van der Waals surface area contributed by atoms with Gasteiger partial charge in [-0.3, -0.25) is 4.79 Å². The third-order valence-corrected chi connectivity index (χ3v) is 6.51. The number of aryl methyl sites for hydroxylation is 3. The van der Waals surface area contributed by atoms with Crippen LogP contribution in [0.3, 0.4) is 0 Å². The minimum atomic E-state index is 0.00572. The molecule has 0 radical (unpaired) electrons. The Morgan fingerprint density at radius 3 is 2.71 bits per heavy atom. The van der Waals surface area contributed by atoms with Crippen LogP contribution in [0, 0.1) is 20.8 Å². The van der Waals surface area contributed by atoms with Crippen LogP contribution >= 0.6 is 11.3 Å². The maximum atomic E-state index is 12.6. The van der Waals surface area contributed by atoms with Crippen molar-refractivity contribution in [2.45, 2.75) is 33.1 Å². The number of aromatic nitrogens is 3. The number of benzene rings is 2. The van der Waals surface area contributed by atoms with Crippen LogP contribution in [-0.2, 0) is 4.79 Å². The molecule has 0 saturated heterocycles. The molecule has 2 aromatic heterocycles. The van der Waals surface area contributed by atoms with Crippen LogP contribution in [0.4, 0.5) is 5.82 Å². The van der Waals surface area contributed by atoms with Crippen molar-refractivity contribution in [2.24, 2.45) is 0 Å². The minimum absolute atomic E-state index is 0.00572. The zero-order valence-corrected chi connectivity index (χ0v) is 16.8. The molecular formula is C22H20N4OS. The van der Waals surface area contributed by atoms with Crippen LogP contribution in [0.2, 0.25) is 0 Å². The number of carbonyl (C=O) groups is 1. The molecule has 0 unspecified atom stereocenters. The molecule has 140 valence electrons. The molecule has 28 heavy (non-hydrogen) atoms. The first-order valence-corrected chi connectivity index (χ1v) is 10.2. The van der Waals surface area contributed by atoms with E-state index in [-0.39, 0.29) is 11.8 Å². The van der Waals surface area contributed by atoms with Gasteiger partial charge in [-0.2, -0.15) is 9.78 Å². The maximum absolute atomic E-state index is 12.6. The Balaban J connectivity index is 1.68. The molecule has 0 saturated carbocycles. The predicted molar refractivity (Wildman–Crippen MR) is 112 cm³/mol. The van der Waals surface area contributed by atoms with E-state index in [9.17, 15) is 4.79 Å². The Kier molecular flexibility index (Phi) is 3.84. The fourth-order valence-electron chi connectivity index (χ4n) is 3.90. The zero-order valence-electron chi connectivity index (χ0n) is 16.0. The van der Waals surface area contributed by atoms with Crippen LogP contribution in [-0.4, -0.2) is 20.7 Å². The molecule has 3 heterocycles. The number of carbonyl (C=O) groups excluding carboxylic acids is 1. The molecule has 1 aliphatic heterocycles. The summed E-state index contributed by atoms with van der Waals surface area (Å²) < 4.78 is 2.90. The predicted octanol–water partition coefficient (Wildman–Crippen LogP) is 4.88. The van der Waals surface area contributed by atoms with E-state index in [1.54, 1.807) is 16.0 Å². The summed E-state index contributed by atoms with van der Waals surface area (Å²) in [4.78, 5) is 17.3. The monoisotopic (exact) mass is 388 g/mol. The van der Waals surface area contributed by atoms with Crippen LogP contribution < -0.4 is 5.32 Å². The molecule has 0 aliphatic carbocycles. The molecule has 6 heteroatoms. The standard InChI is InChI=1S/C22H20N4OS/c1-12-8-9-15(10-13(12)2)16-11-19(27)24-21-20(16)14(3)25-26(21)22-23-17-6-4-5-7-18(17)28-22/h4-10,16H,11H2,1-3H3,(H,24,27)/t16-/m1/s1. The van der Waals surface area contributed by atoms with E-state index >= 15 is 0 Å². The first-order chi connectivity index (χ1) is 13.5. The average molecular weight is 388 g/mol. The highest BCUT2D eigenvalue weighted by atomic mass is 32.1. The first-order valence-electron chi connectivity index (χ1n) is 9.33. The summed E-state index contributed by atoms with van der Waals surface area (Å²) in [6.45, 7) is 6.22. The summed E-state index contributed by atoms with van der Waals surface area (Å²) in [6.07, 6.45) is 0.432. The lowest BCUT2D eigenvalue weighted by molar-refractivity contribution is -0.116. The highest BCUT2D eigenvalue weighted by Crippen LogP contribution is 2.41. The van der Waals surface area contributed by atoms with E-state index in [4.69, 9.17) is 10.1 Å². The van der Waals surface area contributed by atoms with Gasteiger partial charge < -0.3 is 5.32 Å². The second-order valence-corrected chi connectivity index (χ2v) is 8.38. The molecule has 0 spiro atoms. The number of amides is 1. The largest absolute Gasteiger partial charge is 0.310 e. The molecule has 5 rings (SSSR count). The van der Waals surface area contributed by atoms with E-state index in [1.807, 2.05) is 25.1 Å². The van der Waals surface area contributed by atoms with Crippen molar-refractivity contribution in [1.82, 2.24) is 14.8 Å². The number of rotatable bonds is 2. The van der Waals surface area contributed by atoms with Gasteiger partial charge in [-0.05, 0) is 49.6 Å². The summed E-state index contributed by atoms with van der Waals surface area (Å²) in [5.41, 5.74) is 6.61. The maximum Gasteiger partial charge on any atom is 0.226 e. The first kappa shape index (κ1) is 17.1. The van der Waals surface area contributed by atoms with Gasteiger partial charge in [0.15, 0.2) is 0 Å². The Hall–Kier alpha value is -2.99. The quantitative estimate of drug-likeness (QED) is 0.532. The number of hydrogen-bond donors (Lipinski definition) is 1. The van der Waals surface area contributed by atoms with Crippen LogP contribution in [0.25, 0.3) is 15.3 Å². The van der Waals surface area contributed by atoms with Gasteiger partial charge in [-0.1, -0.05) is 41.7 Å². The Bertz CT molecular complexity index is 1200. The molecule has 0 bridgehead atoms. The summed E-state index contributed by atoms with van der Waals surface area (Å²) in [5, 5.41) is 8.57. The highest BCUT2D eigenvalue weighted by Gasteiger charge is 2.33. The van der Waals surface area contributed by atoms with E-state index in [2.05, 4.69) is 43.4 Å². The van der Waals surface area contributed by atoms with Crippen LogP contribution in [0.15, 0.2) is 42.5 Å². The number of para-hydroxylation sites is 1. The van der Waals surface area contributed by atoms with Gasteiger partial charge in [0, 0.05) is 17.9 Å². The van der Waals surface area contributed by atoms with Gasteiger partial charge in [0.05, 0.1) is 15.9 Å². The zero-order chi connectivity index (χ0) is 19.4. The van der Waals surface area contributed by atoms with Crippen LogP contribution in [0.5, 0.6) is 0 Å².